The van der Waals surface area contributed by atoms with E-state index in [2.05, 4.69) is 36.0 Å². The number of ether oxygens (including phenoxy) is 1. The first kappa shape index (κ1) is 10.1. The minimum atomic E-state index is 0.00481. The molecule has 0 radical (unpaired) electrons. The average Bonchev–Trinajstić information content (AvgIpc) is 2.71. The number of rotatable bonds is 2. The molecule has 3 heteroatoms. The van der Waals surface area contributed by atoms with Crippen LogP contribution in [0.15, 0.2) is 16.8 Å². The zero-order valence-corrected chi connectivity index (χ0v) is 9.56. The van der Waals surface area contributed by atoms with Crippen LogP contribution in [0, 0.1) is 0 Å². The van der Waals surface area contributed by atoms with Crippen LogP contribution in [0.2, 0.25) is 0 Å². The molecular weight excluding hydrogens is 194 g/mol. The monoisotopic (exact) mass is 211 g/mol. The first-order valence-electron chi connectivity index (χ1n) is 5.14. The molecule has 0 amide bonds. The number of morpholine rings is 1. The maximum absolute atomic E-state index is 6.11. The molecule has 0 spiro atoms. The van der Waals surface area contributed by atoms with Gasteiger partial charge in [0, 0.05) is 13.1 Å². The van der Waals surface area contributed by atoms with Gasteiger partial charge in [0.2, 0.25) is 0 Å². The molecule has 78 valence electrons. The van der Waals surface area contributed by atoms with E-state index in [-0.39, 0.29) is 11.7 Å². The Labute approximate surface area is 89.3 Å². The Balaban J connectivity index is 2.08. The lowest BCUT2D eigenvalue weighted by Gasteiger charge is -2.38. The molecule has 2 unspecified atom stereocenters. The molecule has 14 heavy (non-hydrogen) atoms. The molecule has 0 saturated carbocycles. The van der Waals surface area contributed by atoms with E-state index in [0.29, 0.717) is 0 Å². The van der Waals surface area contributed by atoms with Crippen LogP contribution >= 0.6 is 11.3 Å². The number of hydrogen-bond donors (Lipinski definition) is 1. The van der Waals surface area contributed by atoms with E-state index in [4.69, 9.17) is 4.74 Å². The third-order valence-electron chi connectivity index (χ3n) is 2.92. The van der Waals surface area contributed by atoms with Gasteiger partial charge in [-0.1, -0.05) is 6.92 Å². The average molecular weight is 211 g/mol. The van der Waals surface area contributed by atoms with Crippen LogP contribution in [0.4, 0.5) is 0 Å². The molecule has 0 aliphatic carbocycles. The Morgan fingerprint density at radius 3 is 3.21 bits per heavy atom. The van der Waals surface area contributed by atoms with Gasteiger partial charge in [0.15, 0.2) is 0 Å². The van der Waals surface area contributed by atoms with Crippen LogP contribution in [-0.2, 0) is 4.74 Å². The lowest BCUT2D eigenvalue weighted by molar-refractivity contribution is -0.109. The number of hydrogen-bond acceptors (Lipinski definition) is 3. The van der Waals surface area contributed by atoms with Gasteiger partial charge in [0.05, 0.1) is 11.7 Å². The van der Waals surface area contributed by atoms with Crippen molar-refractivity contribution in [2.75, 3.05) is 13.1 Å². The Hall–Kier alpha value is -0.380. The van der Waals surface area contributed by atoms with Gasteiger partial charge in [-0.05, 0) is 35.7 Å². The quantitative estimate of drug-likeness (QED) is 0.812. The van der Waals surface area contributed by atoms with Crippen molar-refractivity contribution in [1.29, 1.82) is 0 Å². The third-order valence-corrected chi connectivity index (χ3v) is 3.62. The molecule has 0 bridgehead atoms. The van der Waals surface area contributed by atoms with E-state index in [1.165, 1.54) is 5.56 Å². The summed E-state index contributed by atoms with van der Waals surface area (Å²) in [7, 11) is 0. The first-order chi connectivity index (χ1) is 6.73. The molecule has 2 heterocycles. The summed E-state index contributed by atoms with van der Waals surface area (Å²) in [6.45, 7) is 6.26. The van der Waals surface area contributed by atoms with Crippen molar-refractivity contribution in [3.05, 3.63) is 22.4 Å². The molecule has 1 aliphatic rings. The SMILES string of the molecule is CCC1(C)CNCC(c2ccsc2)O1. The van der Waals surface area contributed by atoms with Crippen LogP contribution in [-0.4, -0.2) is 18.7 Å². The van der Waals surface area contributed by atoms with E-state index in [1.54, 1.807) is 11.3 Å². The summed E-state index contributed by atoms with van der Waals surface area (Å²) in [5, 5.41) is 7.73. The van der Waals surface area contributed by atoms with E-state index in [0.717, 1.165) is 19.5 Å². The van der Waals surface area contributed by atoms with Crippen LogP contribution in [0.5, 0.6) is 0 Å². The minimum Gasteiger partial charge on any atom is -0.365 e. The Morgan fingerprint density at radius 2 is 2.57 bits per heavy atom. The molecule has 2 nitrogen and oxygen atoms in total. The molecule has 1 aromatic heterocycles. The molecule has 0 aromatic carbocycles. The largest absolute Gasteiger partial charge is 0.365 e. The van der Waals surface area contributed by atoms with Crippen molar-refractivity contribution in [2.24, 2.45) is 0 Å². The first-order valence-corrected chi connectivity index (χ1v) is 6.08. The molecule has 1 N–H and O–H groups in total. The molecule has 1 aliphatic heterocycles. The van der Waals surface area contributed by atoms with Crippen molar-refractivity contribution >= 4 is 11.3 Å². The Kier molecular flexibility index (Phi) is 2.91. The predicted molar refractivity (Wildman–Crippen MR) is 59.7 cm³/mol. The van der Waals surface area contributed by atoms with Crippen LogP contribution in [0.3, 0.4) is 0 Å². The summed E-state index contributed by atoms with van der Waals surface area (Å²) in [5.41, 5.74) is 1.31. The summed E-state index contributed by atoms with van der Waals surface area (Å²) < 4.78 is 6.11. The minimum absolute atomic E-state index is 0.00481. The third kappa shape index (κ3) is 2.00. The second kappa shape index (κ2) is 4.01. The maximum atomic E-state index is 6.11. The topological polar surface area (TPSA) is 21.3 Å². The van der Waals surface area contributed by atoms with E-state index in [1.807, 2.05) is 0 Å². The molecule has 2 atom stereocenters. The number of nitrogens with one attached hydrogen (secondary N) is 1. The zero-order chi connectivity index (χ0) is 10.0. The van der Waals surface area contributed by atoms with Gasteiger partial charge in [0.1, 0.15) is 0 Å². The summed E-state index contributed by atoms with van der Waals surface area (Å²) in [4.78, 5) is 0. The predicted octanol–water partition coefficient (Wildman–Crippen LogP) is 2.58. The van der Waals surface area contributed by atoms with Crippen molar-refractivity contribution in [3.63, 3.8) is 0 Å². The fourth-order valence-electron chi connectivity index (χ4n) is 1.75. The van der Waals surface area contributed by atoms with Crippen molar-refractivity contribution in [2.45, 2.75) is 32.0 Å². The van der Waals surface area contributed by atoms with Gasteiger partial charge >= 0.3 is 0 Å². The summed E-state index contributed by atoms with van der Waals surface area (Å²) >= 11 is 1.73. The highest BCUT2D eigenvalue weighted by molar-refractivity contribution is 7.07. The van der Waals surface area contributed by atoms with Crippen molar-refractivity contribution in [3.8, 4) is 0 Å². The van der Waals surface area contributed by atoms with Crippen molar-refractivity contribution < 1.29 is 4.74 Å². The van der Waals surface area contributed by atoms with Gasteiger partial charge < -0.3 is 10.1 Å². The summed E-state index contributed by atoms with van der Waals surface area (Å²) in [6, 6.07) is 2.15. The van der Waals surface area contributed by atoms with E-state index >= 15 is 0 Å². The standard InChI is InChI=1S/C11H17NOS/c1-3-11(2)8-12-6-10(13-11)9-4-5-14-7-9/h4-5,7,10,12H,3,6,8H2,1-2H3. The maximum Gasteiger partial charge on any atom is 0.0965 e. The molecule has 2 rings (SSSR count). The second-order valence-corrected chi connectivity index (χ2v) is 4.88. The zero-order valence-electron chi connectivity index (χ0n) is 8.75. The Bertz CT molecular complexity index is 285. The molecular formula is C11H17NOS. The summed E-state index contributed by atoms with van der Waals surface area (Å²) in [5.74, 6) is 0. The van der Waals surface area contributed by atoms with E-state index < -0.39 is 0 Å². The van der Waals surface area contributed by atoms with Gasteiger partial charge in [-0.25, -0.2) is 0 Å². The van der Waals surface area contributed by atoms with E-state index in [9.17, 15) is 0 Å². The smallest absolute Gasteiger partial charge is 0.0965 e. The number of thiophene rings is 1. The molecule has 1 aromatic rings. The fourth-order valence-corrected chi connectivity index (χ4v) is 2.45. The van der Waals surface area contributed by atoms with Crippen molar-refractivity contribution in [1.82, 2.24) is 5.32 Å². The van der Waals surface area contributed by atoms with Gasteiger partial charge in [-0.2, -0.15) is 11.3 Å². The lowest BCUT2D eigenvalue weighted by atomic mass is 9.99. The second-order valence-electron chi connectivity index (χ2n) is 4.10. The van der Waals surface area contributed by atoms with Crippen LogP contribution < -0.4 is 5.32 Å². The van der Waals surface area contributed by atoms with Crippen LogP contribution in [0.25, 0.3) is 0 Å². The fraction of sp³-hybridized carbons (Fsp3) is 0.636. The Morgan fingerprint density at radius 1 is 1.71 bits per heavy atom. The van der Waals surface area contributed by atoms with Gasteiger partial charge in [-0.3, -0.25) is 0 Å². The molecule has 1 fully saturated rings. The van der Waals surface area contributed by atoms with Crippen LogP contribution in [0.1, 0.15) is 31.9 Å². The molecule has 1 saturated heterocycles. The highest BCUT2D eigenvalue weighted by atomic mass is 32.1. The van der Waals surface area contributed by atoms with Gasteiger partial charge in [-0.15, -0.1) is 0 Å². The summed E-state index contributed by atoms with van der Waals surface area (Å²) in [6.07, 6.45) is 1.29. The highest BCUT2D eigenvalue weighted by Gasteiger charge is 2.31. The normalized spacial score (nSPS) is 33.1. The van der Waals surface area contributed by atoms with Gasteiger partial charge in [0.25, 0.3) is 0 Å². The highest BCUT2D eigenvalue weighted by Crippen LogP contribution is 2.29. The lowest BCUT2D eigenvalue weighted by Crippen LogP contribution is -2.48.